The normalized spacial score (nSPS) is 10.3. The lowest BCUT2D eigenvalue weighted by atomic mass is 10.1. The van der Waals surface area contributed by atoms with Crippen molar-refractivity contribution < 1.29 is 0 Å². The van der Waals surface area contributed by atoms with E-state index >= 15 is 0 Å². The standard InChI is InChI=1S/C13H14N2/c1-9-7-11(3)15-13(8-9)12-6-4-5-10(2)14-12/h4-8H,1-3H3. The van der Waals surface area contributed by atoms with Gasteiger partial charge in [0.1, 0.15) is 0 Å². The molecule has 2 rings (SSSR count). The highest BCUT2D eigenvalue weighted by Gasteiger charge is 2.02. The molecule has 0 amide bonds. The van der Waals surface area contributed by atoms with Crippen LogP contribution in [0.3, 0.4) is 0 Å². The van der Waals surface area contributed by atoms with Gasteiger partial charge in [0.25, 0.3) is 0 Å². The van der Waals surface area contributed by atoms with Crippen molar-refractivity contribution in [3.05, 3.63) is 47.3 Å². The predicted octanol–water partition coefficient (Wildman–Crippen LogP) is 3.07. The summed E-state index contributed by atoms with van der Waals surface area (Å²) in [4.78, 5) is 8.95. The summed E-state index contributed by atoms with van der Waals surface area (Å²) in [5, 5.41) is 0. The molecule has 0 radical (unpaired) electrons. The third kappa shape index (κ3) is 2.21. The van der Waals surface area contributed by atoms with Crippen molar-refractivity contribution in [1.82, 2.24) is 9.97 Å². The Hall–Kier alpha value is -1.70. The molecule has 0 atom stereocenters. The van der Waals surface area contributed by atoms with E-state index in [9.17, 15) is 0 Å². The van der Waals surface area contributed by atoms with Crippen molar-refractivity contribution in [2.75, 3.05) is 0 Å². The van der Waals surface area contributed by atoms with E-state index in [0.29, 0.717) is 0 Å². The fourth-order valence-corrected chi connectivity index (χ4v) is 1.66. The smallest absolute Gasteiger partial charge is 0.0892 e. The molecular formula is C13H14N2. The summed E-state index contributed by atoms with van der Waals surface area (Å²) in [5.41, 5.74) is 5.18. The number of aryl methyl sites for hydroxylation is 3. The van der Waals surface area contributed by atoms with Crippen LogP contribution < -0.4 is 0 Å². The zero-order valence-corrected chi connectivity index (χ0v) is 9.28. The molecular weight excluding hydrogens is 184 g/mol. The SMILES string of the molecule is Cc1cc(C)nc(-c2cccc(C)n2)c1. The molecule has 0 fully saturated rings. The highest BCUT2D eigenvalue weighted by molar-refractivity contribution is 5.55. The summed E-state index contributed by atoms with van der Waals surface area (Å²) in [6.45, 7) is 6.08. The molecule has 0 aliphatic heterocycles. The van der Waals surface area contributed by atoms with Crippen LogP contribution in [0.4, 0.5) is 0 Å². The Morgan fingerprint density at radius 1 is 0.800 bits per heavy atom. The predicted molar refractivity (Wildman–Crippen MR) is 61.7 cm³/mol. The maximum atomic E-state index is 4.48. The van der Waals surface area contributed by atoms with Gasteiger partial charge >= 0.3 is 0 Å². The largest absolute Gasteiger partial charge is 0.251 e. The highest BCUT2D eigenvalue weighted by atomic mass is 14.8. The lowest BCUT2D eigenvalue weighted by Gasteiger charge is -2.04. The number of nitrogens with zero attached hydrogens (tertiary/aromatic N) is 2. The van der Waals surface area contributed by atoms with Gasteiger partial charge in [0, 0.05) is 11.4 Å². The van der Waals surface area contributed by atoms with Crippen molar-refractivity contribution in [3.8, 4) is 11.4 Å². The molecule has 0 aliphatic carbocycles. The van der Waals surface area contributed by atoms with Crippen LogP contribution in [0, 0.1) is 20.8 Å². The molecule has 15 heavy (non-hydrogen) atoms. The Balaban J connectivity index is 2.54. The quantitative estimate of drug-likeness (QED) is 0.703. The number of rotatable bonds is 1. The average molecular weight is 198 g/mol. The van der Waals surface area contributed by atoms with Gasteiger partial charge in [-0.1, -0.05) is 6.07 Å². The summed E-state index contributed by atoms with van der Waals surface area (Å²) in [6.07, 6.45) is 0. The first-order valence-electron chi connectivity index (χ1n) is 5.04. The maximum Gasteiger partial charge on any atom is 0.0892 e. The van der Waals surface area contributed by atoms with Gasteiger partial charge in [-0.2, -0.15) is 0 Å². The first kappa shape index (κ1) is 9.84. The van der Waals surface area contributed by atoms with Crippen molar-refractivity contribution in [1.29, 1.82) is 0 Å². The Kier molecular flexibility index (Phi) is 2.50. The zero-order chi connectivity index (χ0) is 10.8. The minimum absolute atomic E-state index is 0.946. The zero-order valence-electron chi connectivity index (χ0n) is 9.28. The monoisotopic (exact) mass is 198 g/mol. The molecule has 76 valence electrons. The Bertz CT molecular complexity index is 469. The van der Waals surface area contributed by atoms with Gasteiger partial charge in [0.05, 0.1) is 11.4 Å². The van der Waals surface area contributed by atoms with Crippen LogP contribution in [0.15, 0.2) is 30.3 Å². The van der Waals surface area contributed by atoms with Crippen LogP contribution in [0.2, 0.25) is 0 Å². The number of aromatic nitrogens is 2. The van der Waals surface area contributed by atoms with E-state index in [1.165, 1.54) is 5.56 Å². The molecule has 2 heteroatoms. The van der Waals surface area contributed by atoms with Crippen LogP contribution in [0.1, 0.15) is 17.0 Å². The number of hydrogen-bond acceptors (Lipinski definition) is 2. The lowest BCUT2D eigenvalue weighted by Crippen LogP contribution is -1.92. The van der Waals surface area contributed by atoms with Crippen LogP contribution in [0.5, 0.6) is 0 Å². The van der Waals surface area contributed by atoms with Gasteiger partial charge < -0.3 is 0 Å². The molecule has 2 aromatic rings. The van der Waals surface area contributed by atoms with Crippen LogP contribution in [-0.2, 0) is 0 Å². The number of pyridine rings is 2. The molecule has 0 unspecified atom stereocenters. The molecule has 0 aromatic carbocycles. The molecule has 0 spiro atoms. The van der Waals surface area contributed by atoms with E-state index in [2.05, 4.69) is 29.0 Å². The topological polar surface area (TPSA) is 25.8 Å². The second-order valence-electron chi connectivity index (χ2n) is 3.84. The van der Waals surface area contributed by atoms with Gasteiger partial charge in [-0.15, -0.1) is 0 Å². The summed E-state index contributed by atoms with van der Waals surface area (Å²) in [5.74, 6) is 0. The molecule has 0 saturated carbocycles. The van der Waals surface area contributed by atoms with Gasteiger partial charge in [-0.05, 0) is 50.6 Å². The third-order valence-corrected chi connectivity index (χ3v) is 2.25. The second-order valence-corrected chi connectivity index (χ2v) is 3.84. The molecule has 2 nitrogen and oxygen atoms in total. The molecule has 0 bridgehead atoms. The van der Waals surface area contributed by atoms with Crippen molar-refractivity contribution in [2.45, 2.75) is 20.8 Å². The van der Waals surface area contributed by atoms with E-state index < -0.39 is 0 Å². The van der Waals surface area contributed by atoms with E-state index in [-0.39, 0.29) is 0 Å². The molecule has 0 aliphatic rings. The van der Waals surface area contributed by atoms with Crippen LogP contribution >= 0.6 is 0 Å². The van der Waals surface area contributed by atoms with Crippen LogP contribution in [0.25, 0.3) is 11.4 Å². The Morgan fingerprint density at radius 2 is 1.53 bits per heavy atom. The lowest BCUT2D eigenvalue weighted by molar-refractivity contribution is 1.13. The van der Waals surface area contributed by atoms with E-state index in [4.69, 9.17) is 0 Å². The number of hydrogen-bond donors (Lipinski definition) is 0. The van der Waals surface area contributed by atoms with Crippen LogP contribution in [-0.4, -0.2) is 9.97 Å². The molecule has 0 N–H and O–H groups in total. The van der Waals surface area contributed by atoms with Gasteiger partial charge in [0.15, 0.2) is 0 Å². The van der Waals surface area contributed by atoms with Crippen molar-refractivity contribution >= 4 is 0 Å². The molecule has 2 heterocycles. The summed E-state index contributed by atoms with van der Waals surface area (Å²) in [6, 6.07) is 10.1. The molecule has 2 aromatic heterocycles. The van der Waals surface area contributed by atoms with E-state index in [1.54, 1.807) is 0 Å². The highest BCUT2D eigenvalue weighted by Crippen LogP contribution is 2.16. The van der Waals surface area contributed by atoms with Gasteiger partial charge in [-0.3, -0.25) is 9.97 Å². The van der Waals surface area contributed by atoms with Crippen molar-refractivity contribution in [3.63, 3.8) is 0 Å². The van der Waals surface area contributed by atoms with E-state index in [0.717, 1.165) is 22.8 Å². The minimum atomic E-state index is 0.946. The average Bonchev–Trinajstić information content (AvgIpc) is 2.16. The fraction of sp³-hybridized carbons (Fsp3) is 0.231. The maximum absolute atomic E-state index is 4.48. The summed E-state index contributed by atoms with van der Waals surface area (Å²) in [7, 11) is 0. The Morgan fingerprint density at radius 3 is 2.20 bits per heavy atom. The van der Waals surface area contributed by atoms with Gasteiger partial charge in [0.2, 0.25) is 0 Å². The fourth-order valence-electron chi connectivity index (χ4n) is 1.66. The van der Waals surface area contributed by atoms with Crippen molar-refractivity contribution in [2.24, 2.45) is 0 Å². The van der Waals surface area contributed by atoms with Gasteiger partial charge in [-0.25, -0.2) is 0 Å². The molecule has 0 saturated heterocycles. The summed E-state index contributed by atoms with van der Waals surface area (Å²) < 4.78 is 0. The first-order chi connectivity index (χ1) is 7.15. The Labute approximate surface area is 90.0 Å². The first-order valence-corrected chi connectivity index (χ1v) is 5.04. The third-order valence-electron chi connectivity index (χ3n) is 2.25. The summed E-state index contributed by atoms with van der Waals surface area (Å²) >= 11 is 0. The van der Waals surface area contributed by atoms with E-state index in [1.807, 2.05) is 32.0 Å². The minimum Gasteiger partial charge on any atom is -0.251 e. The second kappa shape index (κ2) is 3.81.